The first-order chi connectivity index (χ1) is 7.63. The number of phenols is 1. The quantitative estimate of drug-likeness (QED) is 0.788. The summed E-state index contributed by atoms with van der Waals surface area (Å²) in [6.07, 6.45) is 1.55. The molecule has 0 aliphatic rings. The molecule has 0 bridgehead atoms. The number of phenolic OH excluding ortho intramolecular Hbond substituents is 1. The number of nitrogen functional groups attached to an aromatic ring is 1. The van der Waals surface area contributed by atoms with Gasteiger partial charge in [-0.3, -0.25) is 5.10 Å². The van der Waals surface area contributed by atoms with Crippen molar-refractivity contribution in [1.29, 1.82) is 0 Å². The maximum absolute atomic E-state index is 9.82. The second-order valence-corrected chi connectivity index (χ2v) is 4.06. The van der Waals surface area contributed by atoms with E-state index in [9.17, 15) is 5.11 Å². The van der Waals surface area contributed by atoms with Gasteiger partial charge in [-0.05, 0) is 28.1 Å². The maximum atomic E-state index is 9.82. The molecular weight excluding hydrogens is 274 g/mol. The number of H-pyrrole nitrogens is 1. The smallest absolute Gasteiger partial charge is 0.133 e. The molecule has 1 aromatic carbocycles. The summed E-state index contributed by atoms with van der Waals surface area (Å²) < 4.78 is 5.83. The molecule has 1 aromatic heterocycles. The zero-order valence-electron chi connectivity index (χ0n) is 8.49. The number of anilines is 1. The summed E-state index contributed by atoms with van der Waals surface area (Å²) in [5.41, 5.74) is 6.91. The third-order valence-corrected chi connectivity index (χ3v) is 2.85. The molecule has 5 nitrogen and oxygen atoms in total. The number of hydrogen-bond acceptors (Lipinski definition) is 4. The number of aromatic hydroxyl groups is 1. The molecule has 0 aliphatic heterocycles. The third kappa shape index (κ3) is 1.71. The van der Waals surface area contributed by atoms with Gasteiger partial charge in [0.05, 0.1) is 17.8 Å². The number of nitrogens with two attached hydrogens (primary N) is 1. The lowest BCUT2D eigenvalue weighted by atomic mass is 10.1. The van der Waals surface area contributed by atoms with E-state index in [4.69, 9.17) is 10.5 Å². The van der Waals surface area contributed by atoms with Gasteiger partial charge in [0.2, 0.25) is 0 Å². The van der Waals surface area contributed by atoms with Gasteiger partial charge >= 0.3 is 0 Å². The molecule has 0 aliphatic carbocycles. The number of nitrogens with one attached hydrogen (secondary N) is 1. The van der Waals surface area contributed by atoms with Crippen molar-refractivity contribution in [1.82, 2.24) is 10.2 Å². The average molecular weight is 284 g/mol. The first-order valence-corrected chi connectivity index (χ1v) is 5.28. The molecular formula is C10H10BrN3O2. The van der Waals surface area contributed by atoms with Gasteiger partial charge in [0.1, 0.15) is 17.3 Å². The number of aromatic amines is 1. The van der Waals surface area contributed by atoms with E-state index < -0.39 is 0 Å². The topological polar surface area (TPSA) is 84.2 Å². The predicted octanol–water partition coefficient (Wildman–Crippen LogP) is 2.14. The molecule has 4 N–H and O–H groups in total. The van der Waals surface area contributed by atoms with Crippen molar-refractivity contribution in [3.63, 3.8) is 0 Å². The first kappa shape index (κ1) is 10.8. The highest BCUT2D eigenvalue weighted by Gasteiger charge is 2.13. The Balaban J connectivity index is 2.61. The Labute approximate surface area is 100 Å². The molecule has 0 spiro atoms. The van der Waals surface area contributed by atoms with E-state index in [0.29, 0.717) is 27.2 Å². The van der Waals surface area contributed by atoms with Gasteiger partial charge in [-0.15, -0.1) is 0 Å². The molecule has 0 saturated carbocycles. The average Bonchev–Trinajstić information content (AvgIpc) is 2.65. The standard InChI is InChI=1S/C10H10BrN3O2/c1-16-9-2-5(8(15)3-7(9)11)6-4-13-14-10(6)12/h2-4,15H,1H3,(H3,12,13,14). The number of methoxy groups -OCH3 is 1. The molecule has 1 heterocycles. The summed E-state index contributed by atoms with van der Waals surface area (Å²) in [4.78, 5) is 0. The summed E-state index contributed by atoms with van der Waals surface area (Å²) in [6.45, 7) is 0. The monoisotopic (exact) mass is 283 g/mol. The summed E-state index contributed by atoms with van der Waals surface area (Å²) >= 11 is 3.28. The van der Waals surface area contributed by atoms with Crippen LogP contribution < -0.4 is 10.5 Å². The van der Waals surface area contributed by atoms with Crippen molar-refractivity contribution in [3.8, 4) is 22.6 Å². The molecule has 0 unspecified atom stereocenters. The van der Waals surface area contributed by atoms with Crippen molar-refractivity contribution in [3.05, 3.63) is 22.8 Å². The van der Waals surface area contributed by atoms with Crippen molar-refractivity contribution in [2.75, 3.05) is 12.8 Å². The first-order valence-electron chi connectivity index (χ1n) is 4.49. The van der Waals surface area contributed by atoms with Crippen LogP contribution in [0.1, 0.15) is 0 Å². The minimum Gasteiger partial charge on any atom is -0.507 e. The molecule has 0 fully saturated rings. The van der Waals surface area contributed by atoms with E-state index in [1.807, 2.05) is 0 Å². The Kier molecular flexibility index (Phi) is 2.74. The van der Waals surface area contributed by atoms with Crippen LogP contribution in [0.5, 0.6) is 11.5 Å². The van der Waals surface area contributed by atoms with Crippen LogP contribution in [0.25, 0.3) is 11.1 Å². The number of aromatic nitrogens is 2. The van der Waals surface area contributed by atoms with Crippen LogP contribution in [-0.4, -0.2) is 22.4 Å². The van der Waals surface area contributed by atoms with Crippen LogP contribution >= 0.6 is 15.9 Å². The van der Waals surface area contributed by atoms with Gasteiger partial charge in [0.25, 0.3) is 0 Å². The Morgan fingerprint density at radius 2 is 2.19 bits per heavy atom. The Morgan fingerprint density at radius 1 is 1.44 bits per heavy atom. The third-order valence-electron chi connectivity index (χ3n) is 2.23. The summed E-state index contributed by atoms with van der Waals surface area (Å²) in [7, 11) is 1.56. The van der Waals surface area contributed by atoms with E-state index >= 15 is 0 Å². The maximum Gasteiger partial charge on any atom is 0.133 e. The largest absolute Gasteiger partial charge is 0.507 e. The fraction of sp³-hybridized carbons (Fsp3) is 0.100. The van der Waals surface area contributed by atoms with E-state index in [1.54, 1.807) is 25.4 Å². The number of halogens is 1. The zero-order chi connectivity index (χ0) is 11.7. The fourth-order valence-corrected chi connectivity index (χ4v) is 1.92. The highest BCUT2D eigenvalue weighted by molar-refractivity contribution is 9.10. The van der Waals surface area contributed by atoms with Crippen molar-refractivity contribution in [2.24, 2.45) is 0 Å². The SMILES string of the molecule is COc1cc(-c2cn[nH]c2N)c(O)cc1Br. The minimum absolute atomic E-state index is 0.112. The van der Waals surface area contributed by atoms with Crippen LogP contribution in [0.15, 0.2) is 22.8 Å². The molecule has 6 heteroatoms. The second kappa shape index (κ2) is 4.05. The number of hydrogen-bond donors (Lipinski definition) is 3. The number of ether oxygens (including phenoxy) is 1. The van der Waals surface area contributed by atoms with Gasteiger partial charge < -0.3 is 15.6 Å². The highest BCUT2D eigenvalue weighted by atomic mass is 79.9. The van der Waals surface area contributed by atoms with E-state index in [-0.39, 0.29) is 5.75 Å². The number of nitrogens with zero attached hydrogens (tertiary/aromatic N) is 1. The van der Waals surface area contributed by atoms with Crippen LogP contribution in [-0.2, 0) is 0 Å². The van der Waals surface area contributed by atoms with E-state index in [1.165, 1.54) is 0 Å². The predicted molar refractivity (Wildman–Crippen MR) is 64.4 cm³/mol. The Morgan fingerprint density at radius 3 is 2.75 bits per heavy atom. The van der Waals surface area contributed by atoms with E-state index in [0.717, 1.165) is 0 Å². The van der Waals surface area contributed by atoms with Gasteiger partial charge in [0.15, 0.2) is 0 Å². The van der Waals surface area contributed by atoms with Crippen LogP contribution in [0.3, 0.4) is 0 Å². The van der Waals surface area contributed by atoms with Crippen molar-refractivity contribution in [2.45, 2.75) is 0 Å². The normalized spacial score (nSPS) is 10.4. The van der Waals surface area contributed by atoms with Gasteiger partial charge in [0, 0.05) is 11.1 Å². The van der Waals surface area contributed by atoms with Gasteiger partial charge in [-0.2, -0.15) is 5.10 Å². The molecule has 2 aromatic rings. The number of benzene rings is 1. The minimum atomic E-state index is 0.112. The summed E-state index contributed by atoms with van der Waals surface area (Å²) in [5, 5.41) is 16.2. The fourth-order valence-electron chi connectivity index (χ4n) is 1.43. The molecule has 0 atom stereocenters. The lowest BCUT2D eigenvalue weighted by Crippen LogP contribution is -1.90. The molecule has 0 radical (unpaired) electrons. The molecule has 16 heavy (non-hydrogen) atoms. The summed E-state index contributed by atoms with van der Waals surface area (Å²) in [6, 6.07) is 3.25. The Hall–Kier alpha value is -1.69. The zero-order valence-corrected chi connectivity index (χ0v) is 10.1. The van der Waals surface area contributed by atoms with Crippen LogP contribution in [0, 0.1) is 0 Å². The van der Waals surface area contributed by atoms with Crippen LogP contribution in [0.4, 0.5) is 5.82 Å². The summed E-state index contributed by atoms with van der Waals surface area (Å²) in [5.74, 6) is 1.13. The molecule has 84 valence electrons. The molecule has 2 rings (SSSR count). The molecule has 0 saturated heterocycles. The Bertz CT molecular complexity index is 525. The van der Waals surface area contributed by atoms with Crippen molar-refractivity contribution >= 4 is 21.7 Å². The van der Waals surface area contributed by atoms with Gasteiger partial charge in [-0.25, -0.2) is 0 Å². The highest BCUT2D eigenvalue weighted by Crippen LogP contribution is 2.39. The van der Waals surface area contributed by atoms with E-state index in [2.05, 4.69) is 26.1 Å². The molecule has 0 amide bonds. The van der Waals surface area contributed by atoms with Gasteiger partial charge in [-0.1, -0.05) is 0 Å². The van der Waals surface area contributed by atoms with Crippen LogP contribution in [0.2, 0.25) is 0 Å². The van der Waals surface area contributed by atoms with Crippen molar-refractivity contribution < 1.29 is 9.84 Å². The lowest BCUT2D eigenvalue weighted by Gasteiger charge is -2.08. The lowest BCUT2D eigenvalue weighted by molar-refractivity contribution is 0.410. The second-order valence-electron chi connectivity index (χ2n) is 3.20. The number of rotatable bonds is 2.